The van der Waals surface area contributed by atoms with Gasteiger partial charge in [0.1, 0.15) is 5.76 Å². The van der Waals surface area contributed by atoms with E-state index >= 15 is 0 Å². The van der Waals surface area contributed by atoms with Crippen molar-refractivity contribution in [3.63, 3.8) is 0 Å². The second kappa shape index (κ2) is 3.33. The summed E-state index contributed by atoms with van der Waals surface area (Å²) in [6.45, 7) is 9.40. The average molecular weight is 126 g/mol. The van der Waals surface area contributed by atoms with Crippen LogP contribution in [0.4, 0.5) is 0 Å². The fraction of sp³-hybridized carbons (Fsp3) is 0.500. The molecule has 0 unspecified atom stereocenters. The van der Waals surface area contributed by atoms with Crippen molar-refractivity contribution in [1.82, 2.24) is 0 Å². The summed E-state index contributed by atoms with van der Waals surface area (Å²) in [5.41, 5.74) is 1.75. The summed E-state index contributed by atoms with van der Waals surface area (Å²) < 4.78 is 0. The summed E-state index contributed by atoms with van der Waals surface area (Å²) in [6, 6.07) is 0. The van der Waals surface area contributed by atoms with Crippen molar-refractivity contribution < 1.29 is 5.11 Å². The predicted molar refractivity (Wildman–Crippen MR) is 40.4 cm³/mol. The Bertz CT molecular complexity index is 139. The highest BCUT2D eigenvalue weighted by atomic mass is 16.3. The van der Waals surface area contributed by atoms with Crippen molar-refractivity contribution in [2.75, 3.05) is 0 Å². The van der Waals surface area contributed by atoms with Gasteiger partial charge in [0.15, 0.2) is 0 Å². The van der Waals surface area contributed by atoms with Gasteiger partial charge in [-0.3, -0.25) is 0 Å². The zero-order valence-corrected chi connectivity index (χ0v) is 6.36. The lowest BCUT2D eigenvalue weighted by atomic mass is 10.1. The Kier molecular flexibility index (Phi) is 3.07. The summed E-state index contributed by atoms with van der Waals surface area (Å²) in [5.74, 6) is 0.359. The van der Waals surface area contributed by atoms with Crippen LogP contribution in [0.3, 0.4) is 0 Å². The molecule has 0 amide bonds. The molecule has 0 radical (unpaired) electrons. The first-order valence-electron chi connectivity index (χ1n) is 3.14. The maximum Gasteiger partial charge on any atom is 0.116 e. The van der Waals surface area contributed by atoms with Crippen molar-refractivity contribution in [2.45, 2.75) is 27.2 Å². The van der Waals surface area contributed by atoms with Crippen molar-refractivity contribution in [3.05, 3.63) is 23.5 Å². The normalized spacial score (nSPS) is 8.78. The molecule has 0 aliphatic rings. The van der Waals surface area contributed by atoms with Crippen LogP contribution in [0.15, 0.2) is 23.5 Å². The molecule has 0 aromatic carbocycles. The molecular formula is C8H14O. The Morgan fingerprint density at radius 2 is 1.89 bits per heavy atom. The lowest BCUT2D eigenvalue weighted by Gasteiger charge is -2.01. The standard InChI is InChI=1S/C8H14O/c1-5-7(4)8(9)6(2)3/h9H,4-5H2,1-3H3. The van der Waals surface area contributed by atoms with Crippen LogP contribution in [0, 0.1) is 0 Å². The molecule has 0 heterocycles. The van der Waals surface area contributed by atoms with Crippen LogP contribution in [0.25, 0.3) is 0 Å². The van der Waals surface area contributed by atoms with Gasteiger partial charge >= 0.3 is 0 Å². The van der Waals surface area contributed by atoms with E-state index in [9.17, 15) is 5.11 Å². The molecular weight excluding hydrogens is 112 g/mol. The number of allylic oxidation sites excluding steroid dienone is 2. The molecule has 0 atom stereocenters. The lowest BCUT2D eigenvalue weighted by molar-refractivity contribution is 0.413. The molecule has 0 bridgehead atoms. The molecule has 52 valence electrons. The van der Waals surface area contributed by atoms with Gasteiger partial charge in [0, 0.05) is 0 Å². The molecule has 0 aliphatic heterocycles. The second-order valence-electron chi connectivity index (χ2n) is 2.31. The predicted octanol–water partition coefficient (Wildman–Crippen LogP) is 2.80. The largest absolute Gasteiger partial charge is 0.508 e. The molecule has 0 spiro atoms. The van der Waals surface area contributed by atoms with Crippen LogP contribution in [0.5, 0.6) is 0 Å². The van der Waals surface area contributed by atoms with Gasteiger partial charge in [-0.1, -0.05) is 13.5 Å². The molecule has 1 heteroatoms. The van der Waals surface area contributed by atoms with Crippen LogP contribution in [-0.2, 0) is 0 Å². The first-order valence-corrected chi connectivity index (χ1v) is 3.14. The monoisotopic (exact) mass is 126 g/mol. The van der Waals surface area contributed by atoms with Gasteiger partial charge in [-0.25, -0.2) is 0 Å². The van der Waals surface area contributed by atoms with Crippen LogP contribution in [-0.4, -0.2) is 5.11 Å². The van der Waals surface area contributed by atoms with Gasteiger partial charge in [0.05, 0.1) is 0 Å². The van der Waals surface area contributed by atoms with E-state index in [0.29, 0.717) is 5.76 Å². The van der Waals surface area contributed by atoms with Gasteiger partial charge < -0.3 is 5.11 Å². The maximum atomic E-state index is 9.18. The number of hydrogen-bond acceptors (Lipinski definition) is 1. The van der Waals surface area contributed by atoms with Gasteiger partial charge in [-0.05, 0) is 31.4 Å². The zero-order valence-electron chi connectivity index (χ0n) is 6.36. The number of aliphatic hydroxyl groups is 1. The molecule has 9 heavy (non-hydrogen) atoms. The Morgan fingerprint density at radius 3 is 2.00 bits per heavy atom. The Morgan fingerprint density at radius 1 is 1.44 bits per heavy atom. The second-order valence-corrected chi connectivity index (χ2v) is 2.31. The smallest absolute Gasteiger partial charge is 0.116 e. The third-order valence-corrected chi connectivity index (χ3v) is 1.24. The minimum absolute atomic E-state index is 0.359. The van der Waals surface area contributed by atoms with Gasteiger partial charge in [-0.2, -0.15) is 0 Å². The number of rotatable bonds is 2. The van der Waals surface area contributed by atoms with Gasteiger partial charge in [0.25, 0.3) is 0 Å². The van der Waals surface area contributed by atoms with Crippen molar-refractivity contribution in [3.8, 4) is 0 Å². The fourth-order valence-electron chi connectivity index (χ4n) is 0.521. The zero-order chi connectivity index (χ0) is 7.44. The van der Waals surface area contributed by atoms with E-state index in [1.54, 1.807) is 0 Å². The average Bonchev–Trinajstić information content (AvgIpc) is 1.84. The summed E-state index contributed by atoms with van der Waals surface area (Å²) in [7, 11) is 0. The fourth-order valence-corrected chi connectivity index (χ4v) is 0.521. The molecule has 0 saturated carbocycles. The van der Waals surface area contributed by atoms with E-state index in [2.05, 4.69) is 6.58 Å². The molecule has 1 N–H and O–H groups in total. The third kappa shape index (κ3) is 2.36. The highest BCUT2D eigenvalue weighted by Crippen LogP contribution is 2.11. The summed E-state index contributed by atoms with van der Waals surface area (Å²) >= 11 is 0. The lowest BCUT2D eigenvalue weighted by Crippen LogP contribution is -1.86. The van der Waals surface area contributed by atoms with E-state index in [-0.39, 0.29) is 0 Å². The van der Waals surface area contributed by atoms with E-state index in [0.717, 1.165) is 17.6 Å². The van der Waals surface area contributed by atoms with Crippen LogP contribution < -0.4 is 0 Å². The van der Waals surface area contributed by atoms with Crippen molar-refractivity contribution in [1.29, 1.82) is 0 Å². The summed E-state index contributed by atoms with van der Waals surface area (Å²) in [4.78, 5) is 0. The quantitative estimate of drug-likeness (QED) is 0.445. The number of aliphatic hydroxyl groups excluding tert-OH is 1. The van der Waals surface area contributed by atoms with E-state index in [4.69, 9.17) is 0 Å². The SMILES string of the molecule is C=C(CC)C(O)=C(C)C. The Balaban J connectivity index is 4.21. The first kappa shape index (κ1) is 8.28. The van der Waals surface area contributed by atoms with Crippen molar-refractivity contribution in [2.24, 2.45) is 0 Å². The van der Waals surface area contributed by atoms with Gasteiger partial charge in [-0.15, -0.1) is 0 Å². The van der Waals surface area contributed by atoms with Crippen LogP contribution >= 0.6 is 0 Å². The van der Waals surface area contributed by atoms with E-state index in [1.807, 2.05) is 20.8 Å². The summed E-state index contributed by atoms with van der Waals surface area (Å²) in [5, 5.41) is 9.18. The van der Waals surface area contributed by atoms with Crippen LogP contribution in [0.2, 0.25) is 0 Å². The minimum atomic E-state index is 0.359. The third-order valence-electron chi connectivity index (χ3n) is 1.24. The molecule has 0 aromatic heterocycles. The van der Waals surface area contributed by atoms with Gasteiger partial charge in [0.2, 0.25) is 0 Å². The van der Waals surface area contributed by atoms with E-state index in [1.165, 1.54) is 0 Å². The highest BCUT2D eigenvalue weighted by Gasteiger charge is 1.97. The molecule has 0 aromatic rings. The first-order chi connectivity index (χ1) is 4.09. The number of hydrogen-bond donors (Lipinski definition) is 1. The Hall–Kier alpha value is -0.720. The Labute approximate surface area is 56.7 Å². The topological polar surface area (TPSA) is 20.2 Å². The minimum Gasteiger partial charge on any atom is -0.508 e. The highest BCUT2D eigenvalue weighted by molar-refractivity contribution is 5.24. The van der Waals surface area contributed by atoms with E-state index < -0.39 is 0 Å². The molecule has 1 nitrogen and oxygen atoms in total. The maximum absolute atomic E-state index is 9.18. The van der Waals surface area contributed by atoms with Crippen LogP contribution in [0.1, 0.15) is 27.2 Å². The molecule has 0 rings (SSSR count). The van der Waals surface area contributed by atoms with Crippen molar-refractivity contribution >= 4 is 0 Å². The molecule has 0 fully saturated rings. The molecule has 0 saturated heterocycles. The molecule has 0 aliphatic carbocycles. The summed E-state index contributed by atoms with van der Waals surface area (Å²) in [6.07, 6.45) is 0.816.